The first-order chi connectivity index (χ1) is 21.8. The van der Waals surface area contributed by atoms with Crippen molar-refractivity contribution in [3.8, 4) is 22.9 Å². The van der Waals surface area contributed by atoms with Gasteiger partial charge >= 0.3 is 6.09 Å². The van der Waals surface area contributed by atoms with E-state index < -0.39 is 6.09 Å². The molecule has 0 bridgehead atoms. The highest BCUT2D eigenvalue weighted by molar-refractivity contribution is 6.04. The summed E-state index contributed by atoms with van der Waals surface area (Å²) in [7, 11) is 1.46. The van der Waals surface area contributed by atoms with Gasteiger partial charge in [-0.3, -0.25) is 9.78 Å². The molecule has 6 rings (SSSR count). The second-order valence-corrected chi connectivity index (χ2v) is 10.4. The number of carbonyl (C=O) groups is 2. The first-order valence-corrected chi connectivity index (χ1v) is 14.3. The minimum Gasteiger partial charge on any atom is -0.504 e. The van der Waals surface area contributed by atoms with Gasteiger partial charge < -0.3 is 25.6 Å². The number of methoxy groups -OCH3 is 1. The molecule has 12 nitrogen and oxygen atoms in total. The maximum absolute atomic E-state index is 12.8. The first-order valence-electron chi connectivity index (χ1n) is 14.3. The molecule has 3 aromatic carbocycles. The number of aromatic nitrogens is 5. The van der Waals surface area contributed by atoms with Crippen molar-refractivity contribution >= 4 is 51.0 Å². The minimum absolute atomic E-state index is 0.0775. The van der Waals surface area contributed by atoms with Gasteiger partial charge in [-0.15, -0.1) is 0 Å². The molecule has 0 spiro atoms. The maximum Gasteiger partial charge on any atom is 0.432 e. The van der Waals surface area contributed by atoms with E-state index in [-0.39, 0.29) is 17.4 Å². The Morgan fingerprint density at radius 2 is 1.87 bits per heavy atom. The third-order valence-electron chi connectivity index (χ3n) is 7.28. The molecule has 6 aromatic rings. The number of aromatic hydroxyl groups is 1. The number of carboxylic acid groups (broad SMARTS) is 1. The fourth-order valence-electron chi connectivity index (χ4n) is 5.13. The number of aryl methyl sites for hydroxylation is 1. The molecule has 45 heavy (non-hydrogen) atoms. The Hall–Kier alpha value is -6.04. The Bertz CT molecular complexity index is 2060. The van der Waals surface area contributed by atoms with Crippen molar-refractivity contribution in [2.45, 2.75) is 26.2 Å². The van der Waals surface area contributed by atoms with E-state index in [2.05, 4.69) is 27.6 Å². The third-order valence-corrected chi connectivity index (χ3v) is 7.28. The fraction of sp³-hybridized carbons (Fsp3) is 0.152. The lowest BCUT2D eigenvalue weighted by atomic mass is 10.0. The minimum atomic E-state index is -1.15. The standard InChI is InChI=1S/C33H29N7O5/c1-3-4-7-19-12-24(14-22-18-35-40(29(19)22)33(43)44)36-31-25-15-27(41)28(45-2)16-26(25)38-30(39-31)20-8-5-10-23(13-20)37-32(42)21-9-6-11-34-17-21/h5-6,8-18,41H,3-4,7H2,1-2H3,(H,37,42)(H,43,44)(H,36,38,39). The molecule has 0 aliphatic rings. The molecule has 4 N–H and O–H groups in total. The van der Waals surface area contributed by atoms with Crippen LogP contribution in [0.5, 0.6) is 11.5 Å². The molecule has 3 heterocycles. The van der Waals surface area contributed by atoms with Crippen molar-refractivity contribution < 1.29 is 24.5 Å². The number of unbranched alkanes of at least 4 members (excludes halogenated alkanes) is 1. The molecule has 0 fully saturated rings. The van der Waals surface area contributed by atoms with Crippen LogP contribution in [0.4, 0.5) is 22.0 Å². The lowest BCUT2D eigenvalue weighted by molar-refractivity contribution is 0.102. The summed E-state index contributed by atoms with van der Waals surface area (Å²) < 4.78 is 6.34. The summed E-state index contributed by atoms with van der Waals surface area (Å²) in [6.07, 6.45) is 5.92. The Morgan fingerprint density at radius 3 is 2.62 bits per heavy atom. The molecular formula is C33H29N7O5. The van der Waals surface area contributed by atoms with Crippen LogP contribution < -0.4 is 15.4 Å². The normalized spacial score (nSPS) is 11.1. The Kier molecular flexibility index (Phi) is 7.93. The number of hydrogen-bond acceptors (Lipinski definition) is 9. The lowest BCUT2D eigenvalue weighted by Crippen LogP contribution is -2.12. The number of fused-ring (bicyclic) bond motifs is 2. The van der Waals surface area contributed by atoms with E-state index in [0.29, 0.717) is 62.4 Å². The van der Waals surface area contributed by atoms with Crippen LogP contribution in [-0.4, -0.2) is 54.1 Å². The van der Waals surface area contributed by atoms with Crippen LogP contribution in [0.15, 0.2) is 79.3 Å². The zero-order valence-electron chi connectivity index (χ0n) is 24.5. The predicted octanol–water partition coefficient (Wildman–Crippen LogP) is 6.62. The van der Waals surface area contributed by atoms with Crippen LogP contribution in [0.3, 0.4) is 0 Å². The summed E-state index contributed by atoms with van der Waals surface area (Å²) in [5.41, 5.74) is 4.15. The van der Waals surface area contributed by atoms with E-state index in [4.69, 9.17) is 14.7 Å². The number of phenolic OH excluding ortho intramolecular Hbond substituents is 1. The molecule has 0 radical (unpaired) electrons. The van der Waals surface area contributed by atoms with Gasteiger partial charge in [0.15, 0.2) is 17.3 Å². The van der Waals surface area contributed by atoms with Crippen molar-refractivity contribution in [2.75, 3.05) is 17.7 Å². The quantitative estimate of drug-likeness (QED) is 0.141. The van der Waals surface area contributed by atoms with Crippen LogP contribution in [0.2, 0.25) is 0 Å². The molecule has 0 saturated carbocycles. The average Bonchev–Trinajstić information content (AvgIpc) is 3.49. The second kappa shape index (κ2) is 12.3. The van der Waals surface area contributed by atoms with Gasteiger partial charge in [0, 0.05) is 46.2 Å². The molecule has 0 saturated heterocycles. The molecule has 3 aromatic heterocycles. The molecule has 0 unspecified atom stereocenters. The van der Waals surface area contributed by atoms with Crippen LogP contribution in [0, 0.1) is 0 Å². The topological polar surface area (TPSA) is 164 Å². The van der Waals surface area contributed by atoms with E-state index in [1.165, 1.54) is 25.6 Å². The Morgan fingerprint density at radius 1 is 1.00 bits per heavy atom. The highest BCUT2D eigenvalue weighted by Crippen LogP contribution is 2.36. The van der Waals surface area contributed by atoms with Crippen molar-refractivity contribution in [3.63, 3.8) is 0 Å². The van der Waals surface area contributed by atoms with Gasteiger partial charge in [-0.25, -0.2) is 14.8 Å². The smallest absolute Gasteiger partial charge is 0.432 e. The van der Waals surface area contributed by atoms with Gasteiger partial charge in [0.2, 0.25) is 0 Å². The zero-order valence-corrected chi connectivity index (χ0v) is 24.5. The number of nitrogens with one attached hydrogen (secondary N) is 2. The molecule has 226 valence electrons. The number of pyridine rings is 1. The zero-order chi connectivity index (χ0) is 31.5. The molecule has 0 aliphatic carbocycles. The first kappa shape index (κ1) is 29.1. The summed E-state index contributed by atoms with van der Waals surface area (Å²) in [4.78, 5) is 38.2. The number of anilines is 3. The molecule has 1 amide bonds. The highest BCUT2D eigenvalue weighted by atomic mass is 16.5. The number of phenols is 1. The molecule has 0 atom stereocenters. The van der Waals surface area contributed by atoms with Crippen LogP contribution in [0.25, 0.3) is 33.2 Å². The number of nitrogens with zero attached hydrogens (tertiary/aromatic N) is 5. The number of ether oxygens (including phenoxy) is 1. The van der Waals surface area contributed by atoms with Gasteiger partial charge in [0.05, 0.1) is 29.9 Å². The van der Waals surface area contributed by atoms with E-state index in [0.717, 1.165) is 23.1 Å². The molecule has 0 aliphatic heterocycles. The van der Waals surface area contributed by atoms with Crippen LogP contribution in [0.1, 0.15) is 35.7 Å². The van der Waals surface area contributed by atoms with Crippen molar-refractivity contribution in [1.29, 1.82) is 0 Å². The Balaban J connectivity index is 1.44. The van der Waals surface area contributed by atoms with Crippen LogP contribution in [-0.2, 0) is 6.42 Å². The second-order valence-electron chi connectivity index (χ2n) is 10.4. The summed E-state index contributed by atoms with van der Waals surface area (Å²) in [6.45, 7) is 2.07. The van der Waals surface area contributed by atoms with Crippen molar-refractivity contribution in [1.82, 2.24) is 24.7 Å². The number of rotatable bonds is 9. The molecule has 12 heteroatoms. The summed E-state index contributed by atoms with van der Waals surface area (Å²) in [5, 5.41) is 31.8. The van der Waals surface area contributed by atoms with E-state index in [1.807, 2.05) is 18.2 Å². The largest absolute Gasteiger partial charge is 0.504 e. The maximum atomic E-state index is 12.8. The Labute approximate surface area is 257 Å². The van der Waals surface area contributed by atoms with Gasteiger partial charge in [-0.05, 0) is 60.9 Å². The third kappa shape index (κ3) is 5.93. The van der Waals surface area contributed by atoms with Crippen LogP contribution >= 0.6 is 0 Å². The van der Waals surface area contributed by atoms with E-state index >= 15 is 0 Å². The number of hydrogen-bond donors (Lipinski definition) is 4. The highest BCUT2D eigenvalue weighted by Gasteiger charge is 2.18. The van der Waals surface area contributed by atoms with Gasteiger partial charge in [0.1, 0.15) is 5.82 Å². The SMILES string of the molecule is CCCCc1cc(Nc2nc(-c3cccc(NC(=O)c4cccnc4)c3)nc3cc(OC)c(O)cc23)cc2cnn(C(=O)O)c12. The van der Waals surface area contributed by atoms with Crippen molar-refractivity contribution in [2.24, 2.45) is 0 Å². The number of benzene rings is 3. The van der Waals surface area contributed by atoms with E-state index in [1.54, 1.807) is 42.6 Å². The van der Waals surface area contributed by atoms with Gasteiger partial charge in [0.25, 0.3) is 5.91 Å². The average molecular weight is 604 g/mol. The monoisotopic (exact) mass is 603 g/mol. The summed E-state index contributed by atoms with van der Waals surface area (Å²) in [5.74, 6) is 0.638. The lowest BCUT2D eigenvalue weighted by Gasteiger charge is -2.15. The summed E-state index contributed by atoms with van der Waals surface area (Å²) in [6, 6.07) is 17.4. The number of amides is 1. The van der Waals surface area contributed by atoms with E-state index in [9.17, 15) is 19.8 Å². The van der Waals surface area contributed by atoms with Gasteiger partial charge in [-0.1, -0.05) is 25.5 Å². The summed E-state index contributed by atoms with van der Waals surface area (Å²) >= 11 is 0. The van der Waals surface area contributed by atoms with Crippen molar-refractivity contribution in [3.05, 3.63) is 90.4 Å². The van der Waals surface area contributed by atoms with Gasteiger partial charge in [-0.2, -0.15) is 9.78 Å². The fourth-order valence-corrected chi connectivity index (χ4v) is 5.13. The number of carbonyl (C=O) groups excluding carboxylic acids is 1. The predicted molar refractivity (Wildman–Crippen MR) is 170 cm³/mol. The molecular weight excluding hydrogens is 574 g/mol.